The number of hydrogen-bond donors (Lipinski definition) is 1. The lowest BCUT2D eigenvalue weighted by atomic mass is 10.1. The maximum absolute atomic E-state index is 12.0. The molecule has 4 heteroatoms. The summed E-state index contributed by atoms with van der Waals surface area (Å²) in [6.45, 7) is 3.17. The molecule has 0 aliphatic carbocycles. The van der Waals surface area contributed by atoms with Crippen LogP contribution in [0.25, 0.3) is 0 Å². The Morgan fingerprint density at radius 2 is 1.83 bits per heavy atom. The zero-order valence-electron chi connectivity index (χ0n) is 7.02. The smallest absolute Gasteiger partial charge is 0.316 e. The second-order valence-electron chi connectivity index (χ2n) is 2.31. The Kier molecular flexibility index (Phi) is 4.03. The van der Waals surface area contributed by atoms with Crippen LogP contribution in [0, 0.1) is 0 Å². The molecular weight excluding hydrogens is 167 g/mol. The highest BCUT2D eigenvalue weighted by atomic mass is 19.4. The van der Waals surface area contributed by atoms with Gasteiger partial charge in [0.05, 0.1) is 0 Å². The minimum Gasteiger partial charge on any atom is -0.316 e. The molecule has 12 heavy (non-hydrogen) atoms. The van der Waals surface area contributed by atoms with E-state index in [-0.39, 0.29) is 5.57 Å². The van der Waals surface area contributed by atoms with E-state index in [1.165, 1.54) is 25.2 Å². The number of rotatable bonds is 2. The first-order chi connectivity index (χ1) is 5.43. The summed E-state index contributed by atoms with van der Waals surface area (Å²) in [5, 5.41) is 0. The molecule has 1 atom stereocenters. The molecule has 0 aliphatic rings. The van der Waals surface area contributed by atoms with Gasteiger partial charge in [0, 0.05) is 0 Å². The van der Waals surface area contributed by atoms with Crippen molar-refractivity contribution < 1.29 is 13.2 Å². The molecular formula is C8H12F3N. The highest BCUT2D eigenvalue weighted by Crippen LogP contribution is 2.23. The number of allylic oxidation sites excluding steroid dienone is 2. The Hall–Kier alpha value is -0.770. The Labute approximate surface area is 69.8 Å². The predicted octanol–water partition coefficient (Wildman–Crippen LogP) is 2.40. The maximum atomic E-state index is 12.0. The van der Waals surface area contributed by atoms with Gasteiger partial charge in [-0.05, 0) is 19.4 Å². The van der Waals surface area contributed by atoms with Gasteiger partial charge in [-0.25, -0.2) is 0 Å². The monoisotopic (exact) mass is 179 g/mol. The van der Waals surface area contributed by atoms with Gasteiger partial charge in [0.15, 0.2) is 0 Å². The molecule has 0 fully saturated rings. The third kappa shape index (κ3) is 3.09. The van der Waals surface area contributed by atoms with Crippen LogP contribution in [0.1, 0.15) is 13.8 Å². The number of nitrogens with two attached hydrogens (primary N) is 1. The molecule has 0 radical (unpaired) electrons. The predicted molar refractivity (Wildman–Crippen MR) is 42.6 cm³/mol. The van der Waals surface area contributed by atoms with Gasteiger partial charge in [0.2, 0.25) is 0 Å². The quantitative estimate of drug-likeness (QED) is 0.647. The van der Waals surface area contributed by atoms with E-state index in [0.717, 1.165) is 0 Å². The van der Waals surface area contributed by atoms with Gasteiger partial charge in [-0.3, -0.25) is 0 Å². The SMILES string of the molecule is C/C=C\C(=C/C)[C@H](N)C(F)(F)F. The second-order valence-corrected chi connectivity index (χ2v) is 2.31. The summed E-state index contributed by atoms with van der Waals surface area (Å²) < 4.78 is 36.0. The van der Waals surface area contributed by atoms with Crippen molar-refractivity contribution in [3.63, 3.8) is 0 Å². The van der Waals surface area contributed by atoms with E-state index in [1.54, 1.807) is 6.92 Å². The first kappa shape index (κ1) is 11.2. The third-order valence-electron chi connectivity index (χ3n) is 1.40. The zero-order valence-corrected chi connectivity index (χ0v) is 7.02. The van der Waals surface area contributed by atoms with Crippen molar-refractivity contribution in [1.29, 1.82) is 0 Å². The molecule has 2 N–H and O–H groups in total. The molecule has 0 unspecified atom stereocenters. The van der Waals surface area contributed by atoms with Crippen LogP contribution in [0.2, 0.25) is 0 Å². The van der Waals surface area contributed by atoms with E-state index in [9.17, 15) is 13.2 Å². The van der Waals surface area contributed by atoms with Crippen LogP contribution < -0.4 is 5.73 Å². The molecule has 0 rings (SSSR count). The Morgan fingerprint density at radius 3 is 2.08 bits per heavy atom. The topological polar surface area (TPSA) is 26.0 Å². The van der Waals surface area contributed by atoms with Gasteiger partial charge in [-0.1, -0.05) is 18.2 Å². The molecule has 0 aromatic rings. The standard InChI is InChI=1S/C8H12F3N/c1-3-5-6(4-2)7(12)8(9,10)11/h3-5,7H,12H2,1-2H3/b5-3-,6-4+/t7-/m0/s1. The minimum absolute atomic E-state index is 0.0880. The molecule has 0 aliphatic heterocycles. The molecule has 0 bridgehead atoms. The summed E-state index contributed by atoms with van der Waals surface area (Å²) in [6.07, 6.45) is -0.112. The fraction of sp³-hybridized carbons (Fsp3) is 0.500. The lowest BCUT2D eigenvalue weighted by Gasteiger charge is -2.16. The maximum Gasteiger partial charge on any atom is 0.407 e. The molecule has 0 spiro atoms. The van der Waals surface area contributed by atoms with Crippen LogP contribution in [0.5, 0.6) is 0 Å². The highest BCUT2D eigenvalue weighted by Gasteiger charge is 2.37. The van der Waals surface area contributed by atoms with Crippen molar-refractivity contribution >= 4 is 0 Å². The van der Waals surface area contributed by atoms with Crippen LogP contribution in [0.15, 0.2) is 23.8 Å². The van der Waals surface area contributed by atoms with Crippen LogP contribution in [-0.2, 0) is 0 Å². The van der Waals surface area contributed by atoms with E-state index in [4.69, 9.17) is 5.73 Å². The van der Waals surface area contributed by atoms with Gasteiger partial charge in [0.25, 0.3) is 0 Å². The average Bonchev–Trinajstić information content (AvgIpc) is 1.97. The second kappa shape index (κ2) is 4.30. The Balaban J connectivity index is 4.55. The van der Waals surface area contributed by atoms with Crippen molar-refractivity contribution in [1.82, 2.24) is 0 Å². The molecule has 0 aromatic heterocycles. The molecule has 70 valence electrons. The lowest BCUT2D eigenvalue weighted by molar-refractivity contribution is -0.138. The Morgan fingerprint density at radius 1 is 1.33 bits per heavy atom. The normalized spacial score (nSPS) is 17.0. The van der Waals surface area contributed by atoms with Gasteiger partial charge in [-0.2, -0.15) is 13.2 Å². The van der Waals surface area contributed by atoms with Crippen molar-refractivity contribution in [2.24, 2.45) is 5.73 Å². The third-order valence-corrected chi connectivity index (χ3v) is 1.40. The summed E-state index contributed by atoms with van der Waals surface area (Å²) >= 11 is 0. The van der Waals surface area contributed by atoms with Gasteiger partial charge >= 0.3 is 6.18 Å². The number of halogens is 3. The zero-order chi connectivity index (χ0) is 9.78. The van der Waals surface area contributed by atoms with E-state index in [1.807, 2.05) is 0 Å². The molecule has 1 nitrogen and oxygen atoms in total. The highest BCUT2D eigenvalue weighted by molar-refractivity contribution is 5.24. The molecule has 0 heterocycles. The van der Waals surface area contributed by atoms with E-state index in [0.29, 0.717) is 0 Å². The summed E-state index contributed by atoms with van der Waals surface area (Å²) in [5.41, 5.74) is 5.04. The van der Waals surface area contributed by atoms with E-state index in [2.05, 4.69) is 0 Å². The van der Waals surface area contributed by atoms with Gasteiger partial charge in [-0.15, -0.1) is 0 Å². The fourth-order valence-electron chi connectivity index (χ4n) is 0.761. The van der Waals surface area contributed by atoms with E-state index < -0.39 is 12.2 Å². The number of alkyl halides is 3. The Bertz CT molecular complexity index is 191. The van der Waals surface area contributed by atoms with Crippen LogP contribution in [0.3, 0.4) is 0 Å². The summed E-state index contributed by atoms with van der Waals surface area (Å²) in [5.74, 6) is 0. The van der Waals surface area contributed by atoms with E-state index >= 15 is 0 Å². The van der Waals surface area contributed by atoms with Gasteiger partial charge < -0.3 is 5.73 Å². The summed E-state index contributed by atoms with van der Waals surface area (Å²) in [4.78, 5) is 0. The fourth-order valence-corrected chi connectivity index (χ4v) is 0.761. The average molecular weight is 179 g/mol. The van der Waals surface area contributed by atoms with Crippen molar-refractivity contribution in [3.8, 4) is 0 Å². The molecule has 0 aromatic carbocycles. The van der Waals surface area contributed by atoms with Crippen LogP contribution in [0.4, 0.5) is 13.2 Å². The van der Waals surface area contributed by atoms with Crippen molar-refractivity contribution in [2.75, 3.05) is 0 Å². The van der Waals surface area contributed by atoms with Gasteiger partial charge in [0.1, 0.15) is 6.04 Å². The molecule has 0 saturated heterocycles. The molecule has 0 amide bonds. The lowest BCUT2D eigenvalue weighted by Crippen LogP contribution is -2.38. The van der Waals surface area contributed by atoms with Crippen molar-refractivity contribution in [2.45, 2.75) is 26.1 Å². The van der Waals surface area contributed by atoms with Crippen LogP contribution >= 0.6 is 0 Å². The van der Waals surface area contributed by atoms with Crippen LogP contribution in [-0.4, -0.2) is 12.2 Å². The first-order valence-corrected chi connectivity index (χ1v) is 3.54. The summed E-state index contributed by atoms with van der Waals surface area (Å²) in [6, 6.07) is -1.88. The number of hydrogen-bond acceptors (Lipinski definition) is 1. The molecule has 0 saturated carbocycles. The first-order valence-electron chi connectivity index (χ1n) is 3.54. The summed E-state index contributed by atoms with van der Waals surface area (Å²) in [7, 11) is 0. The minimum atomic E-state index is -4.36. The van der Waals surface area contributed by atoms with Crippen molar-refractivity contribution in [3.05, 3.63) is 23.8 Å². The largest absolute Gasteiger partial charge is 0.407 e.